The maximum Gasteiger partial charge on any atom is 0.220 e. The lowest BCUT2D eigenvalue weighted by atomic mass is 10.1. The van der Waals surface area contributed by atoms with Crippen LogP contribution in [0.2, 0.25) is 0 Å². The Balaban J connectivity index is 2.38. The van der Waals surface area contributed by atoms with E-state index in [1.165, 1.54) is 11.8 Å². The maximum absolute atomic E-state index is 5.66. The third kappa shape index (κ3) is 2.76. The number of ether oxygens (including phenoxy) is 1. The molecule has 0 radical (unpaired) electrons. The number of para-hydroxylation sites is 1. The Kier molecular flexibility index (Phi) is 3.97. The molecule has 0 bridgehead atoms. The SMILES string of the molecule is CSC(=S)OC(C)c1ccnc2ccccc12. The molecule has 1 aromatic heterocycles. The van der Waals surface area contributed by atoms with E-state index in [1.807, 2.05) is 37.4 Å². The van der Waals surface area contributed by atoms with Crippen LogP contribution in [0.1, 0.15) is 18.6 Å². The fourth-order valence-electron chi connectivity index (χ4n) is 1.73. The van der Waals surface area contributed by atoms with Gasteiger partial charge in [-0.1, -0.05) is 30.0 Å². The summed E-state index contributed by atoms with van der Waals surface area (Å²) in [7, 11) is 0. The number of fused-ring (bicyclic) bond motifs is 1. The van der Waals surface area contributed by atoms with E-state index in [1.54, 1.807) is 6.20 Å². The molecule has 0 amide bonds. The Morgan fingerprint density at radius 3 is 2.88 bits per heavy atom. The molecular formula is C13H13NOS2. The lowest BCUT2D eigenvalue weighted by Crippen LogP contribution is -2.04. The van der Waals surface area contributed by atoms with Gasteiger partial charge in [-0.3, -0.25) is 4.98 Å². The third-order valence-corrected chi connectivity index (χ3v) is 3.59. The highest BCUT2D eigenvalue weighted by atomic mass is 32.2. The van der Waals surface area contributed by atoms with Crippen molar-refractivity contribution in [3.8, 4) is 0 Å². The number of pyridine rings is 1. The summed E-state index contributed by atoms with van der Waals surface area (Å²) < 4.78 is 6.23. The molecule has 2 aromatic rings. The van der Waals surface area contributed by atoms with Gasteiger partial charge >= 0.3 is 0 Å². The zero-order valence-electron chi connectivity index (χ0n) is 9.71. The Labute approximate surface area is 110 Å². The summed E-state index contributed by atoms with van der Waals surface area (Å²) in [5.74, 6) is 0. The number of rotatable bonds is 2. The van der Waals surface area contributed by atoms with Gasteiger partial charge in [-0.25, -0.2) is 0 Å². The van der Waals surface area contributed by atoms with Crippen LogP contribution in [0.25, 0.3) is 10.9 Å². The lowest BCUT2D eigenvalue weighted by molar-refractivity contribution is 0.228. The first-order chi connectivity index (χ1) is 8.22. The molecule has 0 spiro atoms. The van der Waals surface area contributed by atoms with E-state index in [0.29, 0.717) is 4.38 Å². The van der Waals surface area contributed by atoms with Crippen molar-refractivity contribution in [1.29, 1.82) is 0 Å². The number of thioether (sulfide) groups is 1. The summed E-state index contributed by atoms with van der Waals surface area (Å²) in [4.78, 5) is 4.33. The first-order valence-corrected chi connectivity index (χ1v) is 6.94. The van der Waals surface area contributed by atoms with Gasteiger partial charge in [-0.05, 0) is 37.5 Å². The van der Waals surface area contributed by atoms with E-state index in [0.717, 1.165) is 16.5 Å². The summed E-state index contributed by atoms with van der Waals surface area (Å²) >= 11 is 6.53. The molecule has 4 heteroatoms. The van der Waals surface area contributed by atoms with Crippen molar-refractivity contribution in [3.63, 3.8) is 0 Å². The van der Waals surface area contributed by atoms with Gasteiger partial charge in [0.05, 0.1) is 5.52 Å². The largest absolute Gasteiger partial charge is 0.471 e. The average Bonchev–Trinajstić information content (AvgIpc) is 2.37. The molecule has 0 fully saturated rings. The van der Waals surface area contributed by atoms with Crippen molar-refractivity contribution in [2.24, 2.45) is 0 Å². The summed E-state index contributed by atoms with van der Waals surface area (Å²) in [6, 6.07) is 10.0. The lowest BCUT2D eigenvalue weighted by Gasteiger charge is -2.16. The Hall–Kier alpha value is -1.13. The van der Waals surface area contributed by atoms with Crippen LogP contribution in [0.5, 0.6) is 0 Å². The number of benzene rings is 1. The molecule has 1 atom stereocenters. The van der Waals surface area contributed by atoms with Gasteiger partial charge in [-0.2, -0.15) is 0 Å². The molecule has 1 unspecified atom stereocenters. The van der Waals surface area contributed by atoms with Gasteiger partial charge in [0.2, 0.25) is 4.38 Å². The highest BCUT2D eigenvalue weighted by Crippen LogP contribution is 2.26. The predicted octanol–water partition coefficient (Wildman–Crippen LogP) is 3.96. The minimum absolute atomic E-state index is 0.0529. The normalized spacial score (nSPS) is 12.4. The minimum Gasteiger partial charge on any atom is -0.471 e. The van der Waals surface area contributed by atoms with Gasteiger partial charge in [0.25, 0.3) is 0 Å². The summed E-state index contributed by atoms with van der Waals surface area (Å²) in [6.45, 7) is 2.00. The molecule has 17 heavy (non-hydrogen) atoms. The number of aromatic nitrogens is 1. The van der Waals surface area contributed by atoms with Crippen LogP contribution in [0, 0.1) is 0 Å². The number of thiocarbonyl (C=S) groups is 1. The molecule has 88 valence electrons. The molecule has 1 heterocycles. The summed E-state index contributed by atoms with van der Waals surface area (Å²) in [5, 5.41) is 1.12. The van der Waals surface area contributed by atoms with Crippen LogP contribution in [-0.2, 0) is 4.74 Å². The first kappa shape index (κ1) is 12.3. The van der Waals surface area contributed by atoms with Gasteiger partial charge in [0.1, 0.15) is 6.10 Å². The van der Waals surface area contributed by atoms with Crippen LogP contribution < -0.4 is 0 Å². The molecule has 0 N–H and O–H groups in total. The van der Waals surface area contributed by atoms with Gasteiger partial charge in [-0.15, -0.1) is 0 Å². The number of hydrogen-bond donors (Lipinski definition) is 0. The summed E-state index contributed by atoms with van der Waals surface area (Å²) in [6.07, 6.45) is 3.67. The van der Waals surface area contributed by atoms with Gasteiger partial charge < -0.3 is 4.74 Å². The third-order valence-electron chi connectivity index (χ3n) is 2.56. The van der Waals surface area contributed by atoms with Crippen molar-refractivity contribution in [2.45, 2.75) is 13.0 Å². The van der Waals surface area contributed by atoms with E-state index in [9.17, 15) is 0 Å². The van der Waals surface area contributed by atoms with Crippen molar-refractivity contribution in [2.75, 3.05) is 6.26 Å². The molecule has 2 nitrogen and oxygen atoms in total. The van der Waals surface area contributed by atoms with Crippen LogP contribution in [0.3, 0.4) is 0 Å². The Bertz CT molecular complexity index is 536. The highest BCUT2D eigenvalue weighted by molar-refractivity contribution is 8.22. The van der Waals surface area contributed by atoms with E-state index < -0.39 is 0 Å². The van der Waals surface area contributed by atoms with Gasteiger partial charge in [0, 0.05) is 17.1 Å². The van der Waals surface area contributed by atoms with Crippen molar-refractivity contribution < 1.29 is 4.74 Å². The number of hydrogen-bond acceptors (Lipinski definition) is 4. The predicted molar refractivity (Wildman–Crippen MR) is 77.4 cm³/mol. The van der Waals surface area contributed by atoms with Crippen LogP contribution in [-0.4, -0.2) is 15.6 Å². The van der Waals surface area contributed by atoms with Crippen molar-refractivity contribution in [1.82, 2.24) is 4.98 Å². The molecule has 1 aromatic carbocycles. The molecule has 0 aliphatic rings. The topological polar surface area (TPSA) is 22.1 Å². The second-order valence-corrected chi connectivity index (χ2v) is 5.04. The van der Waals surface area contributed by atoms with E-state index >= 15 is 0 Å². The molecule has 0 saturated carbocycles. The molecule has 2 rings (SSSR count). The van der Waals surface area contributed by atoms with Gasteiger partial charge in [0.15, 0.2) is 0 Å². The molecule has 0 aliphatic heterocycles. The van der Waals surface area contributed by atoms with Crippen LogP contribution >= 0.6 is 24.0 Å². The second-order valence-electron chi connectivity index (χ2n) is 3.63. The van der Waals surface area contributed by atoms with Crippen LogP contribution in [0.4, 0.5) is 0 Å². The van der Waals surface area contributed by atoms with Crippen LogP contribution in [0.15, 0.2) is 36.5 Å². The number of nitrogens with zero attached hydrogens (tertiary/aromatic N) is 1. The molecule has 0 saturated heterocycles. The summed E-state index contributed by atoms with van der Waals surface area (Å²) in [5.41, 5.74) is 2.10. The zero-order chi connectivity index (χ0) is 12.3. The van der Waals surface area contributed by atoms with E-state index in [-0.39, 0.29) is 6.10 Å². The zero-order valence-corrected chi connectivity index (χ0v) is 11.3. The van der Waals surface area contributed by atoms with Crippen molar-refractivity contribution in [3.05, 3.63) is 42.1 Å². The fourth-order valence-corrected chi connectivity index (χ4v) is 2.11. The standard InChI is InChI=1S/C13H13NOS2/c1-9(15-13(16)17-2)10-7-8-14-12-6-4-3-5-11(10)12/h3-9H,1-2H3. The Morgan fingerprint density at radius 1 is 1.35 bits per heavy atom. The average molecular weight is 263 g/mol. The molecule has 0 aliphatic carbocycles. The minimum atomic E-state index is -0.0529. The maximum atomic E-state index is 5.66. The highest BCUT2D eigenvalue weighted by Gasteiger charge is 2.11. The Morgan fingerprint density at radius 2 is 2.12 bits per heavy atom. The smallest absolute Gasteiger partial charge is 0.220 e. The first-order valence-electron chi connectivity index (χ1n) is 5.30. The monoisotopic (exact) mass is 263 g/mol. The van der Waals surface area contributed by atoms with Crippen molar-refractivity contribution >= 4 is 39.3 Å². The molecular weight excluding hydrogens is 250 g/mol. The van der Waals surface area contributed by atoms with E-state index in [4.69, 9.17) is 17.0 Å². The van der Waals surface area contributed by atoms with E-state index in [2.05, 4.69) is 11.1 Å². The second kappa shape index (κ2) is 5.47. The quantitative estimate of drug-likeness (QED) is 0.765. The fraction of sp³-hybridized carbons (Fsp3) is 0.231.